The Morgan fingerprint density at radius 1 is 1.53 bits per heavy atom. The molecular formula is C11H18N2O3S. The Morgan fingerprint density at radius 3 is 2.82 bits per heavy atom. The van der Waals surface area contributed by atoms with Crippen LogP contribution in [-0.4, -0.2) is 39.4 Å². The molecule has 0 saturated carbocycles. The van der Waals surface area contributed by atoms with Crippen molar-refractivity contribution in [1.29, 1.82) is 0 Å². The molecule has 0 bridgehead atoms. The van der Waals surface area contributed by atoms with Crippen LogP contribution in [-0.2, 0) is 14.6 Å². The molecule has 1 heterocycles. The average Bonchev–Trinajstić information content (AvgIpc) is 2.25. The van der Waals surface area contributed by atoms with Crippen LogP contribution < -0.4 is 5.32 Å². The zero-order valence-electron chi connectivity index (χ0n) is 10.3. The molecule has 0 aliphatic rings. The molecular weight excluding hydrogens is 240 g/mol. The molecule has 5 nitrogen and oxygen atoms in total. The molecule has 0 spiro atoms. The van der Waals surface area contributed by atoms with E-state index in [-0.39, 0.29) is 10.9 Å². The lowest BCUT2D eigenvalue weighted by Gasteiger charge is -2.15. The molecule has 0 aromatic carbocycles. The summed E-state index contributed by atoms with van der Waals surface area (Å²) in [5.74, 6) is 0.401. The second kappa shape index (κ2) is 5.97. The lowest BCUT2D eigenvalue weighted by atomic mass is 10.2. The molecule has 0 aliphatic carbocycles. The van der Waals surface area contributed by atoms with Gasteiger partial charge in [0.15, 0.2) is 9.84 Å². The van der Waals surface area contributed by atoms with E-state index in [2.05, 4.69) is 10.3 Å². The lowest BCUT2D eigenvalue weighted by molar-refractivity contribution is 0.191. The lowest BCUT2D eigenvalue weighted by Crippen LogP contribution is -2.19. The minimum absolute atomic E-state index is 0.102. The van der Waals surface area contributed by atoms with Gasteiger partial charge in [0.1, 0.15) is 10.7 Å². The Morgan fingerprint density at radius 2 is 2.24 bits per heavy atom. The molecule has 1 aromatic rings. The van der Waals surface area contributed by atoms with Gasteiger partial charge in [-0.25, -0.2) is 13.4 Å². The third-order valence-electron chi connectivity index (χ3n) is 2.31. The fourth-order valence-corrected chi connectivity index (χ4v) is 2.19. The molecule has 0 saturated heterocycles. The van der Waals surface area contributed by atoms with Crippen molar-refractivity contribution in [3.8, 4) is 0 Å². The van der Waals surface area contributed by atoms with Gasteiger partial charge in [-0.15, -0.1) is 0 Å². The first kappa shape index (κ1) is 13.9. The van der Waals surface area contributed by atoms with Crippen LogP contribution in [0.25, 0.3) is 0 Å². The third kappa shape index (κ3) is 4.32. The van der Waals surface area contributed by atoms with Gasteiger partial charge in [0.2, 0.25) is 0 Å². The predicted molar refractivity (Wildman–Crippen MR) is 66.9 cm³/mol. The molecule has 96 valence electrons. The average molecular weight is 258 g/mol. The van der Waals surface area contributed by atoms with E-state index in [0.29, 0.717) is 12.4 Å². The third-order valence-corrected chi connectivity index (χ3v) is 3.44. The van der Waals surface area contributed by atoms with E-state index < -0.39 is 9.84 Å². The van der Waals surface area contributed by atoms with Crippen molar-refractivity contribution in [2.45, 2.75) is 24.3 Å². The number of pyridine rings is 1. The van der Waals surface area contributed by atoms with Crippen molar-refractivity contribution in [2.75, 3.05) is 25.3 Å². The highest BCUT2D eigenvalue weighted by Crippen LogP contribution is 2.18. The molecule has 1 aromatic heterocycles. The SMILES string of the molecule is COCCC(C)Nc1ncccc1S(C)(=O)=O. The minimum atomic E-state index is -3.26. The van der Waals surface area contributed by atoms with E-state index in [9.17, 15) is 8.42 Å². The molecule has 0 radical (unpaired) electrons. The van der Waals surface area contributed by atoms with Crippen LogP contribution in [0.2, 0.25) is 0 Å². The number of hydrogen-bond donors (Lipinski definition) is 1. The number of methoxy groups -OCH3 is 1. The highest BCUT2D eigenvalue weighted by Gasteiger charge is 2.15. The van der Waals surface area contributed by atoms with Crippen molar-refractivity contribution in [3.05, 3.63) is 18.3 Å². The molecule has 0 amide bonds. The van der Waals surface area contributed by atoms with Crippen LogP contribution >= 0.6 is 0 Å². The van der Waals surface area contributed by atoms with Crippen molar-refractivity contribution in [3.63, 3.8) is 0 Å². The summed E-state index contributed by atoms with van der Waals surface area (Å²) in [7, 11) is -1.62. The van der Waals surface area contributed by atoms with Crippen LogP contribution in [0.15, 0.2) is 23.2 Å². The van der Waals surface area contributed by atoms with E-state index in [4.69, 9.17) is 4.74 Å². The van der Waals surface area contributed by atoms with Gasteiger partial charge < -0.3 is 10.1 Å². The van der Waals surface area contributed by atoms with Gasteiger partial charge in [-0.2, -0.15) is 0 Å². The molecule has 1 atom stereocenters. The maximum atomic E-state index is 11.5. The summed E-state index contributed by atoms with van der Waals surface area (Å²) in [6.07, 6.45) is 3.53. The monoisotopic (exact) mass is 258 g/mol. The first-order valence-electron chi connectivity index (χ1n) is 5.35. The normalized spacial score (nSPS) is 13.4. The Kier molecular flexibility index (Phi) is 4.89. The highest BCUT2D eigenvalue weighted by molar-refractivity contribution is 7.90. The van der Waals surface area contributed by atoms with Crippen LogP contribution in [0.3, 0.4) is 0 Å². The molecule has 17 heavy (non-hydrogen) atoms. The fourth-order valence-electron chi connectivity index (χ4n) is 1.40. The Balaban J connectivity index is 2.84. The summed E-state index contributed by atoms with van der Waals surface area (Å²) in [5, 5.41) is 3.08. The number of aromatic nitrogens is 1. The van der Waals surface area contributed by atoms with Gasteiger partial charge in [0, 0.05) is 32.2 Å². The summed E-state index contributed by atoms with van der Waals surface area (Å²) in [6, 6.07) is 3.26. The summed E-state index contributed by atoms with van der Waals surface area (Å²) in [5.41, 5.74) is 0. The molecule has 1 N–H and O–H groups in total. The predicted octanol–water partition coefficient (Wildman–Crippen LogP) is 1.32. The molecule has 0 aliphatic heterocycles. The van der Waals surface area contributed by atoms with E-state index in [1.165, 1.54) is 6.26 Å². The minimum Gasteiger partial charge on any atom is -0.385 e. The quantitative estimate of drug-likeness (QED) is 0.833. The van der Waals surface area contributed by atoms with Crippen molar-refractivity contribution >= 4 is 15.7 Å². The number of hydrogen-bond acceptors (Lipinski definition) is 5. The van der Waals surface area contributed by atoms with Crippen LogP contribution in [0.5, 0.6) is 0 Å². The molecule has 6 heteroatoms. The number of nitrogens with one attached hydrogen (secondary N) is 1. The summed E-state index contributed by atoms with van der Waals surface area (Å²) in [4.78, 5) is 4.29. The maximum absolute atomic E-state index is 11.5. The van der Waals surface area contributed by atoms with E-state index >= 15 is 0 Å². The van der Waals surface area contributed by atoms with E-state index in [0.717, 1.165) is 6.42 Å². The number of rotatable bonds is 6. The van der Waals surface area contributed by atoms with Gasteiger partial charge >= 0.3 is 0 Å². The standard InChI is InChI=1S/C11H18N2O3S/c1-9(6-8-16-2)13-11-10(17(3,14)15)5-4-7-12-11/h4-5,7,9H,6,8H2,1-3H3,(H,12,13). The van der Waals surface area contributed by atoms with Gasteiger partial charge in [-0.1, -0.05) is 0 Å². The van der Waals surface area contributed by atoms with Gasteiger partial charge in [0.05, 0.1) is 0 Å². The topological polar surface area (TPSA) is 68.3 Å². The summed E-state index contributed by atoms with van der Waals surface area (Å²) in [6.45, 7) is 2.58. The Hall–Kier alpha value is -1.14. The summed E-state index contributed by atoms with van der Waals surface area (Å²) >= 11 is 0. The maximum Gasteiger partial charge on any atom is 0.179 e. The smallest absolute Gasteiger partial charge is 0.179 e. The zero-order valence-corrected chi connectivity index (χ0v) is 11.1. The number of sulfone groups is 1. The first-order chi connectivity index (χ1) is 7.95. The van der Waals surface area contributed by atoms with E-state index in [1.54, 1.807) is 25.4 Å². The van der Waals surface area contributed by atoms with Gasteiger partial charge in [-0.3, -0.25) is 0 Å². The second-order valence-corrected chi connectivity index (χ2v) is 5.93. The number of ether oxygens (including phenoxy) is 1. The Labute approximate surface area is 102 Å². The van der Waals surface area contributed by atoms with Crippen LogP contribution in [0.4, 0.5) is 5.82 Å². The van der Waals surface area contributed by atoms with Crippen LogP contribution in [0.1, 0.15) is 13.3 Å². The molecule has 1 rings (SSSR count). The summed E-state index contributed by atoms with van der Waals surface area (Å²) < 4.78 is 28.1. The Bertz CT molecular complexity index is 460. The van der Waals surface area contributed by atoms with Crippen molar-refractivity contribution < 1.29 is 13.2 Å². The fraction of sp³-hybridized carbons (Fsp3) is 0.545. The number of nitrogens with zero attached hydrogens (tertiary/aromatic N) is 1. The van der Waals surface area contributed by atoms with Crippen molar-refractivity contribution in [1.82, 2.24) is 4.98 Å². The second-order valence-electron chi connectivity index (χ2n) is 3.95. The van der Waals surface area contributed by atoms with Gasteiger partial charge in [0.25, 0.3) is 0 Å². The first-order valence-corrected chi connectivity index (χ1v) is 7.25. The number of anilines is 1. The largest absolute Gasteiger partial charge is 0.385 e. The van der Waals surface area contributed by atoms with E-state index in [1.807, 2.05) is 6.92 Å². The van der Waals surface area contributed by atoms with Crippen molar-refractivity contribution in [2.24, 2.45) is 0 Å². The highest BCUT2D eigenvalue weighted by atomic mass is 32.2. The zero-order chi connectivity index (χ0) is 12.9. The van der Waals surface area contributed by atoms with Gasteiger partial charge in [-0.05, 0) is 25.5 Å². The molecule has 0 fully saturated rings. The van der Waals surface area contributed by atoms with Crippen LogP contribution in [0, 0.1) is 0 Å². The molecule has 1 unspecified atom stereocenters.